The Kier molecular flexibility index (Phi) is 10.9. The Labute approximate surface area is 132 Å². The maximum Gasteiger partial charge on any atom is 0.409 e. The molecule has 0 aromatic heterocycles. The maximum atomic E-state index is 11.7. The zero-order valence-corrected chi connectivity index (χ0v) is 13.7. The Morgan fingerprint density at radius 1 is 1.32 bits per heavy atom. The summed E-state index contributed by atoms with van der Waals surface area (Å²) in [4.78, 5) is 24.5. The summed E-state index contributed by atoms with van der Waals surface area (Å²) in [5.74, 6) is 0. The number of nitrogens with one attached hydrogen (secondary N) is 1. The van der Waals surface area contributed by atoms with Crippen molar-refractivity contribution in [3.05, 3.63) is 12.7 Å². The van der Waals surface area contributed by atoms with Gasteiger partial charge in [0.1, 0.15) is 0 Å². The van der Waals surface area contributed by atoms with Gasteiger partial charge in [0.15, 0.2) is 0 Å². The summed E-state index contributed by atoms with van der Waals surface area (Å²) in [6.45, 7) is 6.57. The zero-order valence-electron chi connectivity index (χ0n) is 13.7. The van der Waals surface area contributed by atoms with Crippen LogP contribution in [0.1, 0.15) is 32.6 Å². The van der Waals surface area contributed by atoms with E-state index in [-0.39, 0.29) is 0 Å². The Bertz CT molecular complexity index is 349. The molecule has 0 bridgehead atoms. The van der Waals surface area contributed by atoms with Gasteiger partial charge in [-0.2, -0.15) is 0 Å². The van der Waals surface area contributed by atoms with Gasteiger partial charge in [0, 0.05) is 13.1 Å². The van der Waals surface area contributed by atoms with Crippen LogP contribution in [0.3, 0.4) is 0 Å². The number of hydrogen-bond acceptors (Lipinski definition) is 5. The Balaban J connectivity index is 4.53. The third-order valence-electron chi connectivity index (χ3n) is 3.28. The highest BCUT2D eigenvalue weighted by atomic mass is 16.5. The Hall–Kier alpha value is -1.76. The average molecular weight is 316 g/mol. The first-order valence-corrected chi connectivity index (χ1v) is 7.46. The molecule has 0 unspecified atom stereocenters. The van der Waals surface area contributed by atoms with Crippen molar-refractivity contribution in [3.8, 4) is 0 Å². The highest BCUT2D eigenvalue weighted by Gasteiger charge is 2.22. The standard InChI is InChI=1S/C15H28N2O5/c1-5-7-10-17(15(20)22-4)11-9-13(18)12(8-6-2)16-14(19)21-3/h6,12-13,18H,2,5,7-11H2,1,3-4H3,(H,16,19)/t12-,13-/m1/s1. The molecule has 0 aliphatic heterocycles. The van der Waals surface area contributed by atoms with E-state index in [1.54, 1.807) is 11.0 Å². The van der Waals surface area contributed by atoms with Crippen LogP contribution in [0.5, 0.6) is 0 Å². The lowest BCUT2D eigenvalue weighted by molar-refractivity contribution is 0.0861. The second-order valence-electron chi connectivity index (χ2n) is 4.93. The normalized spacial score (nSPS) is 12.9. The zero-order chi connectivity index (χ0) is 17.0. The molecule has 0 fully saturated rings. The summed E-state index contributed by atoms with van der Waals surface area (Å²) in [5.41, 5.74) is 0. The van der Waals surface area contributed by atoms with Crippen LogP contribution in [-0.2, 0) is 9.47 Å². The molecule has 0 aromatic carbocycles. The number of methoxy groups -OCH3 is 2. The quantitative estimate of drug-likeness (QED) is 0.601. The van der Waals surface area contributed by atoms with Crippen LogP contribution in [0.4, 0.5) is 9.59 Å². The van der Waals surface area contributed by atoms with Crippen LogP contribution in [0.2, 0.25) is 0 Å². The van der Waals surface area contributed by atoms with Gasteiger partial charge in [-0.1, -0.05) is 19.4 Å². The van der Waals surface area contributed by atoms with E-state index in [9.17, 15) is 14.7 Å². The van der Waals surface area contributed by atoms with Gasteiger partial charge >= 0.3 is 12.2 Å². The molecule has 2 amide bonds. The molecule has 0 aliphatic carbocycles. The molecule has 0 aliphatic rings. The van der Waals surface area contributed by atoms with Gasteiger partial charge in [0.05, 0.1) is 26.4 Å². The van der Waals surface area contributed by atoms with Crippen molar-refractivity contribution in [2.75, 3.05) is 27.3 Å². The molecular formula is C15H28N2O5. The van der Waals surface area contributed by atoms with Crippen molar-refractivity contribution in [1.82, 2.24) is 10.2 Å². The van der Waals surface area contributed by atoms with E-state index in [2.05, 4.69) is 16.6 Å². The predicted octanol–water partition coefficient (Wildman–Crippen LogP) is 1.91. The Morgan fingerprint density at radius 3 is 2.50 bits per heavy atom. The van der Waals surface area contributed by atoms with E-state index in [0.717, 1.165) is 12.8 Å². The molecule has 7 heteroatoms. The van der Waals surface area contributed by atoms with Crippen LogP contribution in [0, 0.1) is 0 Å². The third kappa shape index (κ3) is 7.87. The predicted molar refractivity (Wildman–Crippen MR) is 83.7 cm³/mol. The van der Waals surface area contributed by atoms with E-state index < -0.39 is 24.3 Å². The van der Waals surface area contributed by atoms with Crippen LogP contribution in [-0.4, -0.2) is 61.6 Å². The van der Waals surface area contributed by atoms with Crippen molar-refractivity contribution in [1.29, 1.82) is 0 Å². The van der Waals surface area contributed by atoms with Gasteiger partial charge in [-0.05, 0) is 19.3 Å². The minimum atomic E-state index is -0.814. The highest BCUT2D eigenvalue weighted by molar-refractivity contribution is 5.67. The molecule has 0 radical (unpaired) electrons. The number of carbonyl (C=O) groups excluding carboxylic acids is 2. The fourth-order valence-electron chi connectivity index (χ4n) is 1.96. The van der Waals surface area contributed by atoms with Crippen LogP contribution in [0.15, 0.2) is 12.7 Å². The molecule has 0 spiro atoms. The molecule has 0 aromatic rings. The topological polar surface area (TPSA) is 88.1 Å². The van der Waals surface area contributed by atoms with Gasteiger partial charge in [0.2, 0.25) is 0 Å². The van der Waals surface area contributed by atoms with E-state index in [0.29, 0.717) is 25.9 Å². The smallest absolute Gasteiger partial charge is 0.409 e. The van der Waals surface area contributed by atoms with Gasteiger partial charge in [-0.25, -0.2) is 9.59 Å². The lowest BCUT2D eigenvalue weighted by Gasteiger charge is -2.26. The van der Waals surface area contributed by atoms with Gasteiger partial charge in [-0.3, -0.25) is 0 Å². The van der Waals surface area contributed by atoms with E-state index in [4.69, 9.17) is 4.74 Å². The fourth-order valence-corrected chi connectivity index (χ4v) is 1.96. The van der Waals surface area contributed by atoms with Crippen LogP contribution in [0.25, 0.3) is 0 Å². The lowest BCUT2D eigenvalue weighted by atomic mass is 10.0. The molecule has 22 heavy (non-hydrogen) atoms. The summed E-state index contributed by atoms with van der Waals surface area (Å²) in [5, 5.41) is 12.8. The first-order chi connectivity index (χ1) is 10.5. The highest BCUT2D eigenvalue weighted by Crippen LogP contribution is 2.08. The van der Waals surface area contributed by atoms with Crippen molar-refractivity contribution >= 4 is 12.2 Å². The number of rotatable bonds is 10. The van der Waals surface area contributed by atoms with Crippen LogP contribution < -0.4 is 5.32 Å². The molecule has 0 saturated heterocycles. The first kappa shape index (κ1) is 20.2. The summed E-state index contributed by atoms with van der Waals surface area (Å²) in [7, 11) is 2.59. The van der Waals surface area contributed by atoms with Crippen molar-refractivity contribution in [2.24, 2.45) is 0 Å². The van der Waals surface area contributed by atoms with E-state index in [1.807, 2.05) is 6.92 Å². The molecular weight excluding hydrogens is 288 g/mol. The first-order valence-electron chi connectivity index (χ1n) is 7.46. The average Bonchev–Trinajstić information content (AvgIpc) is 2.53. The van der Waals surface area contributed by atoms with Crippen LogP contribution >= 0.6 is 0 Å². The number of nitrogens with zero attached hydrogens (tertiary/aromatic N) is 1. The number of ether oxygens (including phenoxy) is 2. The minimum absolute atomic E-state index is 0.321. The molecule has 2 N–H and O–H groups in total. The molecule has 128 valence electrons. The number of aliphatic hydroxyl groups is 1. The van der Waals surface area contributed by atoms with Crippen molar-refractivity contribution < 1.29 is 24.2 Å². The minimum Gasteiger partial charge on any atom is -0.453 e. The second-order valence-corrected chi connectivity index (χ2v) is 4.93. The lowest BCUT2D eigenvalue weighted by Crippen LogP contribution is -2.45. The monoisotopic (exact) mass is 316 g/mol. The number of carbonyl (C=O) groups is 2. The summed E-state index contributed by atoms with van der Waals surface area (Å²) in [6.07, 6.45) is 2.32. The SMILES string of the molecule is C=CC[C@@H](NC(=O)OC)[C@H](O)CCN(CCCC)C(=O)OC. The van der Waals surface area contributed by atoms with Crippen molar-refractivity contribution in [3.63, 3.8) is 0 Å². The fraction of sp³-hybridized carbons (Fsp3) is 0.733. The maximum absolute atomic E-state index is 11.7. The number of amides is 2. The van der Waals surface area contributed by atoms with Gasteiger partial charge < -0.3 is 24.8 Å². The molecule has 7 nitrogen and oxygen atoms in total. The summed E-state index contributed by atoms with van der Waals surface area (Å²) < 4.78 is 9.26. The van der Waals surface area contributed by atoms with E-state index in [1.165, 1.54) is 14.2 Å². The summed E-state index contributed by atoms with van der Waals surface area (Å²) >= 11 is 0. The molecule has 2 atom stereocenters. The van der Waals surface area contributed by atoms with Gasteiger partial charge in [-0.15, -0.1) is 6.58 Å². The number of alkyl carbamates (subject to hydrolysis) is 1. The molecule has 0 heterocycles. The Morgan fingerprint density at radius 2 is 2.00 bits per heavy atom. The number of hydrogen-bond donors (Lipinski definition) is 2. The number of unbranched alkanes of at least 4 members (excludes halogenated alkanes) is 1. The number of aliphatic hydroxyl groups excluding tert-OH is 1. The molecule has 0 rings (SSSR count). The second kappa shape index (κ2) is 11.9. The summed E-state index contributed by atoms with van der Waals surface area (Å²) in [6, 6.07) is -0.504. The third-order valence-corrected chi connectivity index (χ3v) is 3.28. The van der Waals surface area contributed by atoms with Gasteiger partial charge in [0.25, 0.3) is 0 Å². The largest absolute Gasteiger partial charge is 0.453 e. The van der Waals surface area contributed by atoms with E-state index >= 15 is 0 Å². The van der Waals surface area contributed by atoms with Crippen molar-refractivity contribution in [2.45, 2.75) is 44.8 Å². The molecule has 0 saturated carbocycles.